The average Bonchev–Trinajstić information content (AvgIpc) is 3.23. The van der Waals surface area contributed by atoms with Crippen molar-refractivity contribution in [3.8, 4) is 0 Å². The molecule has 1 aromatic carbocycles. The number of piperidine rings is 1. The predicted molar refractivity (Wildman–Crippen MR) is 115 cm³/mol. The summed E-state index contributed by atoms with van der Waals surface area (Å²) in [6.07, 6.45) is 2.25. The molecule has 3 rings (SSSR count). The van der Waals surface area contributed by atoms with Gasteiger partial charge >= 0.3 is 11.8 Å². The summed E-state index contributed by atoms with van der Waals surface area (Å²) in [5, 5.41) is 9.98. The number of thiophene rings is 1. The van der Waals surface area contributed by atoms with E-state index in [2.05, 4.69) is 38.4 Å². The summed E-state index contributed by atoms with van der Waals surface area (Å²) in [7, 11) is 0. The van der Waals surface area contributed by atoms with Crippen LogP contribution in [-0.4, -0.2) is 48.8 Å². The van der Waals surface area contributed by atoms with Gasteiger partial charge in [-0.1, -0.05) is 12.1 Å². The van der Waals surface area contributed by atoms with Gasteiger partial charge in [0.15, 0.2) is 0 Å². The molecule has 29 heavy (non-hydrogen) atoms. The van der Waals surface area contributed by atoms with Crippen LogP contribution >= 0.6 is 11.3 Å². The smallest absolute Gasteiger partial charge is 0.313 e. The van der Waals surface area contributed by atoms with Crippen molar-refractivity contribution in [2.75, 3.05) is 36.8 Å². The van der Waals surface area contributed by atoms with Crippen molar-refractivity contribution >= 4 is 40.4 Å². The molecule has 0 bridgehead atoms. The van der Waals surface area contributed by atoms with Gasteiger partial charge in [0, 0.05) is 36.3 Å². The number of rotatable bonds is 6. The molecule has 1 aliphatic rings. The fourth-order valence-corrected chi connectivity index (χ4v) is 4.34. The van der Waals surface area contributed by atoms with Crippen LogP contribution in [0.1, 0.15) is 30.6 Å². The number of benzene rings is 1. The van der Waals surface area contributed by atoms with E-state index in [0.29, 0.717) is 23.8 Å². The van der Waals surface area contributed by atoms with Crippen molar-refractivity contribution in [3.63, 3.8) is 0 Å². The average molecular weight is 415 g/mol. The van der Waals surface area contributed by atoms with Crippen LogP contribution < -0.4 is 16.0 Å². The van der Waals surface area contributed by atoms with Crippen molar-refractivity contribution in [1.29, 1.82) is 0 Å². The molecule has 154 valence electrons. The van der Waals surface area contributed by atoms with Gasteiger partial charge in [-0.25, -0.2) is 0 Å². The van der Waals surface area contributed by atoms with E-state index in [4.69, 9.17) is 0 Å². The minimum atomic E-state index is -0.721. The maximum atomic E-state index is 12.1. The molecule has 0 spiro atoms. The zero-order chi connectivity index (χ0) is 20.6. The van der Waals surface area contributed by atoms with Crippen LogP contribution in [-0.2, 0) is 14.4 Å². The molecule has 8 heteroatoms. The maximum Gasteiger partial charge on any atom is 0.313 e. The highest BCUT2D eigenvalue weighted by atomic mass is 32.1. The Morgan fingerprint density at radius 3 is 2.41 bits per heavy atom. The summed E-state index contributed by atoms with van der Waals surface area (Å²) >= 11 is 1.82. The van der Waals surface area contributed by atoms with E-state index in [-0.39, 0.29) is 5.91 Å². The minimum Gasteiger partial charge on any atom is -0.347 e. The lowest BCUT2D eigenvalue weighted by Crippen LogP contribution is -2.42. The van der Waals surface area contributed by atoms with E-state index in [1.165, 1.54) is 11.8 Å². The summed E-state index contributed by atoms with van der Waals surface area (Å²) in [4.78, 5) is 39.0. The molecule has 1 fully saturated rings. The van der Waals surface area contributed by atoms with Crippen molar-refractivity contribution in [1.82, 2.24) is 10.2 Å². The fraction of sp³-hybridized carbons (Fsp3) is 0.381. The Bertz CT molecular complexity index is 845. The van der Waals surface area contributed by atoms with Crippen LogP contribution in [0.25, 0.3) is 0 Å². The first kappa shape index (κ1) is 21.0. The van der Waals surface area contributed by atoms with Crippen molar-refractivity contribution in [2.45, 2.75) is 25.7 Å². The summed E-state index contributed by atoms with van der Waals surface area (Å²) in [6, 6.07) is 11.0. The van der Waals surface area contributed by atoms with Crippen LogP contribution in [0.15, 0.2) is 41.8 Å². The second kappa shape index (κ2) is 10.2. The van der Waals surface area contributed by atoms with Crippen LogP contribution in [0.4, 0.5) is 11.4 Å². The number of amides is 3. The third-order valence-electron chi connectivity index (χ3n) is 4.89. The largest absolute Gasteiger partial charge is 0.347 e. The van der Waals surface area contributed by atoms with Gasteiger partial charge in [-0.05, 0) is 61.5 Å². The Morgan fingerprint density at radius 1 is 1.03 bits per heavy atom. The Labute approximate surface area is 174 Å². The van der Waals surface area contributed by atoms with Crippen LogP contribution in [0.2, 0.25) is 0 Å². The standard InChI is InChI=1S/C21H26N4O3S/c1-15(26)23-17-4-2-5-18(14-17)24-21(28)20(27)22-9-12-25-10-7-16(8-11-25)19-6-3-13-29-19/h2-6,13-14,16H,7-12H2,1H3,(H,22,27)(H,23,26)(H,24,28). The molecule has 1 aliphatic heterocycles. The van der Waals surface area contributed by atoms with Crippen LogP contribution in [0.3, 0.4) is 0 Å². The Kier molecular flexibility index (Phi) is 7.37. The monoisotopic (exact) mass is 414 g/mol. The molecule has 7 nitrogen and oxygen atoms in total. The molecule has 0 atom stereocenters. The van der Waals surface area contributed by atoms with E-state index in [9.17, 15) is 14.4 Å². The Morgan fingerprint density at radius 2 is 1.76 bits per heavy atom. The van der Waals surface area contributed by atoms with Crippen LogP contribution in [0.5, 0.6) is 0 Å². The molecule has 3 N–H and O–H groups in total. The minimum absolute atomic E-state index is 0.203. The summed E-state index contributed by atoms with van der Waals surface area (Å²) in [5.41, 5.74) is 1.01. The highest BCUT2D eigenvalue weighted by Crippen LogP contribution is 2.30. The number of likely N-dealkylation sites (tertiary alicyclic amines) is 1. The van der Waals surface area contributed by atoms with E-state index < -0.39 is 11.8 Å². The predicted octanol–water partition coefficient (Wildman–Crippen LogP) is 2.64. The topological polar surface area (TPSA) is 90.5 Å². The lowest BCUT2D eigenvalue weighted by Gasteiger charge is -2.31. The Hall–Kier alpha value is -2.71. The zero-order valence-electron chi connectivity index (χ0n) is 16.4. The number of nitrogens with zero attached hydrogens (tertiary/aromatic N) is 1. The van der Waals surface area contributed by atoms with Gasteiger partial charge in [0.05, 0.1) is 0 Å². The number of hydrogen-bond acceptors (Lipinski definition) is 5. The summed E-state index contributed by atoms with van der Waals surface area (Å²) in [5.74, 6) is -0.949. The van der Waals surface area contributed by atoms with Gasteiger partial charge in [-0.2, -0.15) is 0 Å². The lowest BCUT2D eigenvalue weighted by molar-refractivity contribution is -0.136. The number of hydrogen-bond donors (Lipinski definition) is 3. The Balaban J connectivity index is 1.37. The molecular weight excluding hydrogens is 388 g/mol. The summed E-state index contributed by atoms with van der Waals surface area (Å²) in [6.45, 7) is 4.57. The second-order valence-electron chi connectivity index (χ2n) is 7.10. The van der Waals surface area contributed by atoms with Crippen molar-refractivity contribution in [3.05, 3.63) is 46.7 Å². The zero-order valence-corrected chi connectivity index (χ0v) is 17.3. The number of nitrogens with one attached hydrogen (secondary N) is 3. The van der Waals surface area contributed by atoms with E-state index in [1.54, 1.807) is 24.3 Å². The highest BCUT2D eigenvalue weighted by molar-refractivity contribution is 7.10. The molecule has 1 saturated heterocycles. The first-order valence-electron chi connectivity index (χ1n) is 9.74. The van der Waals surface area contributed by atoms with Crippen molar-refractivity contribution in [2.24, 2.45) is 0 Å². The molecule has 2 heterocycles. The fourth-order valence-electron chi connectivity index (χ4n) is 3.44. The maximum absolute atomic E-state index is 12.1. The van der Waals surface area contributed by atoms with Gasteiger partial charge in [0.1, 0.15) is 0 Å². The van der Waals surface area contributed by atoms with Crippen LogP contribution in [0, 0.1) is 0 Å². The van der Waals surface area contributed by atoms with E-state index in [1.807, 2.05) is 11.3 Å². The van der Waals surface area contributed by atoms with Gasteiger partial charge in [0.2, 0.25) is 5.91 Å². The highest BCUT2D eigenvalue weighted by Gasteiger charge is 2.21. The van der Waals surface area contributed by atoms with Gasteiger partial charge in [0.25, 0.3) is 0 Å². The molecular formula is C21H26N4O3S. The first-order chi connectivity index (χ1) is 14.0. The lowest BCUT2D eigenvalue weighted by atomic mass is 9.95. The quantitative estimate of drug-likeness (QED) is 0.634. The van der Waals surface area contributed by atoms with E-state index >= 15 is 0 Å². The first-order valence-corrected chi connectivity index (χ1v) is 10.6. The third-order valence-corrected chi connectivity index (χ3v) is 5.93. The summed E-state index contributed by atoms with van der Waals surface area (Å²) < 4.78 is 0. The molecule has 0 unspecified atom stereocenters. The van der Waals surface area contributed by atoms with E-state index in [0.717, 1.165) is 32.5 Å². The number of carbonyl (C=O) groups is 3. The van der Waals surface area contributed by atoms with Gasteiger partial charge in [-0.3, -0.25) is 14.4 Å². The SMILES string of the molecule is CC(=O)Nc1cccc(NC(=O)C(=O)NCCN2CCC(c3cccs3)CC2)c1. The molecule has 0 aliphatic carbocycles. The normalized spacial score (nSPS) is 14.9. The van der Waals surface area contributed by atoms with Gasteiger partial charge in [-0.15, -0.1) is 11.3 Å². The molecule has 1 aromatic heterocycles. The molecule has 3 amide bonds. The number of anilines is 2. The molecule has 0 radical (unpaired) electrons. The second-order valence-corrected chi connectivity index (χ2v) is 8.08. The molecule has 2 aromatic rings. The van der Waals surface area contributed by atoms with Crippen molar-refractivity contribution < 1.29 is 14.4 Å². The number of carbonyl (C=O) groups excluding carboxylic acids is 3. The van der Waals surface area contributed by atoms with Gasteiger partial charge < -0.3 is 20.9 Å². The molecule has 0 saturated carbocycles. The third kappa shape index (κ3) is 6.40.